The molecule has 0 aliphatic heterocycles. The lowest BCUT2D eigenvalue weighted by Gasteiger charge is -2.01. The van der Waals surface area contributed by atoms with E-state index in [0.29, 0.717) is 17.4 Å². The van der Waals surface area contributed by atoms with Gasteiger partial charge in [0.25, 0.3) is 5.91 Å². The van der Waals surface area contributed by atoms with Crippen molar-refractivity contribution in [3.63, 3.8) is 0 Å². The normalized spacial score (nSPS) is 10.2. The Morgan fingerprint density at radius 3 is 2.95 bits per heavy atom. The monoisotopic (exact) mass is 308 g/mol. The van der Waals surface area contributed by atoms with Crippen molar-refractivity contribution in [3.05, 3.63) is 46.7 Å². The van der Waals surface area contributed by atoms with Gasteiger partial charge in [-0.25, -0.2) is 9.37 Å². The van der Waals surface area contributed by atoms with Gasteiger partial charge >= 0.3 is 5.97 Å². The van der Waals surface area contributed by atoms with Crippen molar-refractivity contribution in [2.45, 2.75) is 13.3 Å². The summed E-state index contributed by atoms with van der Waals surface area (Å²) in [6.07, 6.45) is 0.0557. The number of nitrogens with one attached hydrogen (secondary N) is 1. The fourth-order valence-corrected chi connectivity index (χ4v) is 2.31. The third kappa shape index (κ3) is 4.35. The van der Waals surface area contributed by atoms with E-state index in [9.17, 15) is 14.0 Å². The van der Waals surface area contributed by atoms with Gasteiger partial charge < -0.3 is 4.74 Å². The zero-order valence-corrected chi connectivity index (χ0v) is 12.1. The molecule has 0 saturated heterocycles. The average molecular weight is 308 g/mol. The molecule has 0 aliphatic rings. The fourth-order valence-electron chi connectivity index (χ4n) is 1.60. The lowest BCUT2D eigenvalue weighted by molar-refractivity contribution is -0.142. The van der Waals surface area contributed by atoms with Crippen LogP contribution in [0.1, 0.15) is 23.0 Å². The maximum Gasteiger partial charge on any atom is 0.311 e. The first-order chi connectivity index (χ1) is 10.1. The molecule has 0 aliphatic carbocycles. The van der Waals surface area contributed by atoms with Crippen molar-refractivity contribution in [2.24, 2.45) is 0 Å². The van der Waals surface area contributed by atoms with E-state index >= 15 is 0 Å². The Bertz CT molecular complexity index is 657. The number of amides is 1. The number of ether oxygens (including phenoxy) is 1. The van der Waals surface area contributed by atoms with Crippen LogP contribution in [0.3, 0.4) is 0 Å². The van der Waals surface area contributed by atoms with Crippen LogP contribution in [0.5, 0.6) is 0 Å². The van der Waals surface area contributed by atoms with E-state index < -0.39 is 11.7 Å². The molecular formula is C14H13FN2O3S. The summed E-state index contributed by atoms with van der Waals surface area (Å²) in [5.74, 6) is -1.30. The number of aromatic nitrogens is 1. The molecule has 0 unspecified atom stereocenters. The quantitative estimate of drug-likeness (QED) is 0.862. The van der Waals surface area contributed by atoms with Crippen LogP contribution in [0.25, 0.3) is 0 Å². The molecule has 1 heterocycles. The molecule has 2 aromatic rings. The highest BCUT2D eigenvalue weighted by Gasteiger charge is 2.12. The first-order valence-electron chi connectivity index (χ1n) is 6.25. The molecule has 0 spiro atoms. The van der Waals surface area contributed by atoms with Gasteiger partial charge in [0.2, 0.25) is 0 Å². The SMILES string of the molecule is CCOC(=O)Cc1csc(NC(=O)c2cccc(F)c2)n1. The smallest absolute Gasteiger partial charge is 0.311 e. The van der Waals surface area contributed by atoms with Crippen LogP contribution in [-0.4, -0.2) is 23.5 Å². The van der Waals surface area contributed by atoms with Crippen molar-refractivity contribution in [3.8, 4) is 0 Å². The van der Waals surface area contributed by atoms with Crippen LogP contribution in [-0.2, 0) is 16.0 Å². The molecule has 110 valence electrons. The van der Waals surface area contributed by atoms with Crippen molar-refractivity contribution >= 4 is 28.3 Å². The van der Waals surface area contributed by atoms with Gasteiger partial charge in [-0.1, -0.05) is 6.07 Å². The fraction of sp³-hybridized carbons (Fsp3) is 0.214. The number of rotatable bonds is 5. The summed E-state index contributed by atoms with van der Waals surface area (Å²) in [6.45, 7) is 2.04. The minimum Gasteiger partial charge on any atom is -0.466 e. The molecule has 5 nitrogen and oxygen atoms in total. The molecule has 1 aromatic carbocycles. The summed E-state index contributed by atoms with van der Waals surface area (Å²) >= 11 is 1.19. The van der Waals surface area contributed by atoms with Gasteiger partial charge in [-0.2, -0.15) is 0 Å². The average Bonchev–Trinajstić information content (AvgIpc) is 2.86. The number of nitrogens with zero attached hydrogens (tertiary/aromatic N) is 1. The number of carbonyl (C=O) groups excluding carboxylic acids is 2. The summed E-state index contributed by atoms with van der Waals surface area (Å²) in [7, 11) is 0. The van der Waals surface area contributed by atoms with Crippen molar-refractivity contribution in [1.82, 2.24) is 4.98 Å². The van der Waals surface area contributed by atoms with E-state index in [-0.39, 0.29) is 18.0 Å². The largest absolute Gasteiger partial charge is 0.466 e. The van der Waals surface area contributed by atoms with E-state index in [1.165, 1.54) is 29.5 Å². The second-order valence-corrected chi connectivity index (χ2v) is 4.95. The minimum absolute atomic E-state index is 0.0557. The zero-order chi connectivity index (χ0) is 15.2. The van der Waals surface area contributed by atoms with Crippen LogP contribution in [0.15, 0.2) is 29.6 Å². The van der Waals surface area contributed by atoms with Gasteiger partial charge in [0.05, 0.1) is 18.7 Å². The highest BCUT2D eigenvalue weighted by molar-refractivity contribution is 7.14. The summed E-state index contributed by atoms with van der Waals surface area (Å²) in [4.78, 5) is 27.3. The summed E-state index contributed by atoms with van der Waals surface area (Å²) in [5.41, 5.74) is 0.727. The number of benzene rings is 1. The highest BCUT2D eigenvalue weighted by atomic mass is 32.1. The Balaban J connectivity index is 1.99. The standard InChI is InChI=1S/C14H13FN2O3S/c1-2-20-12(18)7-11-8-21-14(16-11)17-13(19)9-4-3-5-10(15)6-9/h3-6,8H,2,7H2,1H3,(H,16,17,19). The summed E-state index contributed by atoms with van der Waals surface area (Å²) in [5, 5.41) is 4.58. The number of anilines is 1. The van der Waals surface area contributed by atoms with E-state index in [1.807, 2.05) is 0 Å². The first kappa shape index (κ1) is 15.1. The van der Waals surface area contributed by atoms with Gasteiger partial charge in [-0.3, -0.25) is 14.9 Å². The third-order valence-electron chi connectivity index (χ3n) is 2.49. The lowest BCUT2D eigenvalue weighted by atomic mass is 10.2. The lowest BCUT2D eigenvalue weighted by Crippen LogP contribution is -2.12. The molecule has 1 aromatic heterocycles. The van der Waals surface area contributed by atoms with Crippen molar-refractivity contribution in [2.75, 3.05) is 11.9 Å². The van der Waals surface area contributed by atoms with Gasteiger partial charge in [-0.05, 0) is 25.1 Å². The predicted octanol–water partition coefficient (Wildman–Crippen LogP) is 2.64. The Morgan fingerprint density at radius 2 is 2.24 bits per heavy atom. The minimum atomic E-state index is -0.482. The number of thiazole rings is 1. The molecule has 0 bridgehead atoms. The van der Waals surface area contributed by atoms with E-state index in [1.54, 1.807) is 12.3 Å². The number of hydrogen-bond donors (Lipinski definition) is 1. The maximum atomic E-state index is 13.0. The highest BCUT2D eigenvalue weighted by Crippen LogP contribution is 2.17. The Labute approximate surface area is 124 Å². The molecule has 1 amide bonds. The number of esters is 1. The first-order valence-corrected chi connectivity index (χ1v) is 7.13. The van der Waals surface area contributed by atoms with Gasteiger partial charge in [-0.15, -0.1) is 11.3 Å². The van der Waals surface area contributed by atoms with Crippen LogP contribution < -0.4 is 5.32 Å². The molecule has 0 atom stereocenters. The van der Waals surface area contributed by atoms with E-state index in [0.717, 1.165) is 6.07 Å². The third-order valence-corrected chi connectivity index (χ3v) is 3.30. The van der Waals surface area contributed by atoms with Gasteiger partial charge in [0, 0.05) is 10.9 Å². The molecule has 7 heteroatoms. The van der Waals surface area contributed by atoms with Gasteiger partial charge in [0.1, 0.15) is 5.82 Å². The van der Waals surface area contributed by atoms with Crippen LogP contribution in [0.2, 0.25) is 0 Å². The van der Waals surface area contributed by atoms with Crippen molar-refractivity contribution in [1.29, 1.82) is 0 Å². The molecule has 0 saturated carbocycles. The van der Waals surface area contributed by atoms with E-state index in [4.69, 9.17) is 4.74 Å². The Kier molecular flexibility index (Phi) is 4.99. The second-order valence-electron chi connectivity index (χ2n) is 4.09. The van der Waals surface area contributed by atoms with Crippen LogP contribution >= 0.6 is 11.3 Å². The number of hydrogen-bond acceptors (Lipinski definition) is 5. The zero-order valence-electron chi connectivity index (χ0n) is 11.3. The summed E-state index contributed by atoms with van der Waals surface area (Å²) in [6, 6.07) is 5.36. The summed E-state index contributed by atoms with van der Waals surface area (Å²) < 4.78 is 17.9. The number of carbonyl (C=O) groups is 2. The Hall–Kier alpha value is -2.28. The molecule has 21 heavy (non-hydrogen) atoms. The van der Waals surface area contributed by atoms with Crippen LogP contribution in [0, 0.1) is 5.82 Å². The molecule has 1 N–H and O–H groups in total. The van der Waals surface area contributed by atoms with E-state index in [2.05, 4.69) is 10.3 Å². The van der Waals surface area contributed by atoms with Crippen molar-refractivity contribution < 1.29 is 18.7 Å². The maximum absolute atomic E-state index is 13.0. The predicted molar refractivity (Wildman–Crippen MR) is 76.8 cm³/mol. The van der Waals surface area contributed by atoms with Crippen LogP contribution in [0.4, 0.5) is 9.52 Å². The van der Waals surface area contributed by atoms with Gasteiger partial charge in [0.15, 0.2) is 5.13 Å². The molecular weight excluding hydrogens is 295 g/mol. The molecule has 0 fully saturated rings. The number of halogens is 1. The second kappa shape index (κ2) is 6.94. The Morgan fingerprint density at radius 1 is 1.43 bits per heavy atom. The topological polar surface area (TPSA) is 68.3 Å². The molecule has 2 rings (SSSR count). The molecule has 0 radical (unpaired) electrons.